The molecule has 4 rings (SSSR count). The van der Waals surface area contributed by atoms with Gasteiger partial charge >= 0.3 is 0 Å². The van der Waals surface area contributed by atoms with E-state index in [4.69, 9.17) is 9.15 Å². The fourth-order valence-electron chi connectivity index (χ4n) is 3.56. The van der Waals surface area contributed by atoms with Crippen molar-refractivity contribution >= 4 is 16.7 Å². The van der Waals surface area contributed by atoms with Crippen LogP contribution in [0.5, 0.6) is 17.2 Å². The first kappa shape index (κ1) is 18.2. The fourth-order valence-corrected chi connectivity index (χ4v) is 3.56. The van der Waals surface area contributed by atoms with Crippen LogP contribution in [0.3, 0.4) is 0 Å². The standard InChI is InChI=1S/C21H22N2O5/c1-27-20-17(26)11-15(24)19-16(25)12-18(28-21(19)20)13-3-5-14(6-4-13)23-9-2-7-22-8-10-23/h3-6,11-12,22,24,26H,2,7-10H2,1H3. The van der Waals surface area contributed by atoms with Crippen molar-refractivity contribution in [2.24, 2.45) is 0 Å². The second kappa shape index (κ2) is 7.44. The number of nitrogens with one attached hydrogen (secondary N) is 1. The Bertz CT molecular complexity index is 1050. The Kier molecular flexibility index (Phi) is 4.83. The van der Waals surface area contributed by atoms with Crippen LogP contribution in [0.15, 0.2) is 45.6 Å². The molecule has 1 aliphatic rings. The second-order valence-corrected chi connectivity index (χ2v) is 6.76. The molecule has 2 aromatic carbocycles. The molecule has 2 heterocycles. The number of hydrogen-bond donors (Lipinski definition) is 3. The van der Waals surface area contributed by atoms with E-state index in [1.165, 1.54) is 13.2 Å². The van der Waals surface area contributed by atoms with Crippen molar-refractivity contribution in [3.05, 3.63) is 46.6 Å². The maximum Gasteiger partial charge on any atom is 0.204 e. The first-order valence-electron chi connectivity index (χ1n) is 9.21. The number of phenols is 2. The van der Waals surface area contributed by atoms with Gasteiger partial charge in [0.2, 0.25) is 5.75 Å². The van der Waals surface area contributed by atoms with Gasteiger partial charge in [-0.2, -0.15) is 0 Å². The molecule has 0 atom stereocenters. The lowest BCUT2D eigenvalue weighted by Gasteiger charge is -2.22. The molecular formula is C21H22N2O5. The molecule has 3 aromatic rings. The molecule has 0 bridgehead atoms. The lowest BCUT2D eigenvalue weighted by Crippen LogP contribution is -2.27. The average molecular weight is 382 g/mol. The van der Waals surface area contributed by atoms with Gasteiger partial charge in [-0.3, -0.25) is 4.79 Å². The molecule has 1 fully saturated rings. The zero-order valence-corrected chi connectivity index (χ0v) is 15.6. The molecule has 0 radical (unpaired) electrons. The Morgan fingerprint density at radius 1 is 1.07 bits per heavy atom. The van der Waals surface area contributed by atoms with Gasteiger partial charge in [0, 0.05) is 43.0 Å². The highest BCUT2D eigenvalue weighted by Crippen LogP contribution is 2.40. The van der Waals surface area contributed by atoms with Gasteiger partial charge in [-0.05, 0) is 37.2 Å². The lowest BCUT2D eigenvalue weighted by atomic mass is 10.1. The van der Waals surface area contributed by atoms with Gasteiger partial charge < -0.3 is 29.6 Å². The van der Waals surface area contributed by atoms with Crippen molar-refractivity contribution in [1.29, 1.82) is 0 Å². The van der Waals surface area contributed by atoms with Crippen molar-refractivity contribution in [3.8, 4) is 28.6 Å². The first-order valence-corrected chi connectivity index (χ1v) is 9.21. The predicted molar refractivity (Wildman–Crippen MR) is 108 cm³/mol. The van der Waals surface area contributed by atoms with E-state index in [1.54, 1.807) is 0 Å². The monoisotopic (exact) mass is 382 g/mol. The number of aromatic hydroxyl groups is 2. The smallest absolute Gasteiger partial charge is 0.204 e. The highest BCUT2D eigenvalue weighted by molar-refractivity contribution is 5.91. The molecule has 7 nitrogen and oxygen atoms in total. The van der Waals surface area contributed by atoms with Crippen LogP contribution in [0.4, 0.5) is 5.69 Å². The maximum atomic E-state index is 12.6. The van der Waals surface area contributed by atoms with Crippen LogP contribution < -0.4 is 20.4 Å². The normalized spacial score (nSPS) is 14.8. The van der Waals surface area contributed by atoms with Gasteiger partial charge in [0.05, 0.1) is 7.11 Å². The number of rotatable bonds is 3. The summed E-state index contributed by atoms with van der Waals surface area (Å²) in [7, 11) is 1.36. The highest BCUT2D eigenvalue weighted by Gasteiger charge is 2.19. The van der Waals surface area contributed by atoms with Crippen LogP contribution in [0, 0.1) is 0 Å². The third-order valence-electron chi connectivity index (χ3n) is 4.98. The molecule has 0 aliphatic carbocycles. The maximum absolute atomic E-state index is 12.6. The first-order chi connectivity index (χ1) is 13.6. The van der Waals surface area contributed by atoms with Crippen molar-refractivity contribution in [1.82, 2.24) is 5.32 Å². The molecule has 1 saturated heterocycles. The van der Waals surface area contributed by atoms with E-state index in [2.05, 4.69) is 10.2 Å². The van der Waals surface area contributed by atoms with Crippen LogP contribution in [-0.2, 0) is 0 Å². The molecule has 7 heteroatoms. The minimum absolute atomic E-state index is 0.0143. The summed E-state index contributed by atoms with van der Waals surface area (Å²) in [5, 5.41) is 23.4. The van der Waals surface area contributed by atoms with E-state index in [0.29, 0.717) is 5.76 Å². The van der Waals surface area contributed by atoms with E-state index in [1.807, 2.05) is 24.3 Å². The number of benzene rings is 2. The zero-order valence-electron chi connectivity index (χ0n) is 15.6. The Hall–Kier alpha value is -3.19. The van der Waals surface area contributed by atoms with Gasteiger partial charge in [0.1, 0.15) is 16.9 Å². The van der Waals surface area contributed by atoms with E-state index in [-0.39, 0.29) is 28.2 Å². The summed E-state index contributed by atoms with van der Waals surface area (Å²) in [4.78, 5) is 14.9. The molecule has 146 valence electrons. The summed E-state index contributed by atoms with van der Waals surface area (Å²) in [5.74, 6) is -0.290. The Balaban J connectivity index is 1.76. The predicted octanol–water partition coefficient (Wildman–Crippen LogP) is 2.68. The van der Waals surface area contributed by atoms with Crippen molar-refractivity contribution in [2.75, 3.05) is 38.2 Å². The van der Waals surface area contributed by atoms with Crippen LogP contribution in [-0.4, -0.2) is 43.5 Å². The molecule has 0 amide bonds. The quantitative estimate of drug-likeness (QED) is 0.641. The summed E-state index contributed by atoms with van der Waals surface area (Å²) in [6.45, 7) is 3.92. The van der Waals surface area contributed by atoms with E-state index in [0.717, 1.165) is 49.9 Å². The van der Waals surface area contributed by atoms with E-state index in [9.17, 15) is 15.0 Å². The molecule has 3 N–H and O–H groups in total. The number of nitrogens with zero attached hydrogens (tertiary/aromatic N) is 1. The van der Waals surface area contributed by atoms with Gasteiger partial charge in [0.25, 0.3) is 0 Å². The highest BCUT2D eigenvalue weighted by atomic mass is 16.5. The van der Waals surface area contributed by atoms with Gasteiger partial charge in [-0.15, -0.1) is 0 Å². The van der Waals surface area contributed by atoms with Gasteiger partial charge in [-0.1, -0.05) is 0 Å². The number of methoxy groups -OCH3 is 1. The molecule has 28 heavy (non-hydrogen) atoms. The third kappa shape index (κ3) is 3.25. The zero-order chi connectivity index (χ0) is 19.7. The summed E-state index contributed by atoms with van der Waals surface area (Å²) < 4.78 is 11.0. The van der Waals surface area contributed by atoms with Crippen LogP contribution in [0.25, 0.3) is 22.3 Å². The summed E-state index contributed by atoms with van der Waals surface area (Å²) in [6, 6.07) is 10.2. The largest absolute Gasteiger partial charge is 0.507 e. The third-order valence-corrected chi connectivity index (χ3v) is 4.98. The second-order valence-electron chi connectivity index (χ2n) is 6.76. The number of anilines is 1. The molecule has 0 unspecified atom stereocenters. The van der Waals surface area contributed by atoms with Crippen LogP contribution in [0.2, 0.25) is 0 Å². The van der Waals surface area contributed by atoms with Gasteiger partial charge in [-0.25, -0.2) is 0 Å². The molecule has 1 aliphatic heterocycles. The number of phenolic OH excluding ortho intramolecular Hbond substituents is 2. The SMILES string of the molecule is COc1c(O)cc(O)c2c(=O)cc(-c3ccc(N4CCCNCC4)cc3)oc12. The Labute approximate surface area is 161 Å². The average Bonchev–Trinajstić information content (AvgIpc) is 2.97. The lowest BCUT2D eigenvalue weighted by molar-refractivity contribution is 0.367. The minimum Gasteiger partial charge on any atom is -0.507 e. The number of fused-ring (bicyclic) bond motifs is 1. The van der Waals surface area contributed by atoms with Gasteiger partial charge in [0.15, 0.2) is 16.8 Å². The molecule has 0 spiro atoms. The van der Waals surface area contributed by atoms with Crippen molar-refractivity contribution in [3.63, 3.8) is 0 Å². The summed E-state index contributed by atoms with van der Waals surface area (Å²) in [6.07, 6.45) is 1.09. The minimum atomic E-state index is -0.408. The Morgan fingerprint density at radius 3 is 2.61 bits per heavy atom. The topological polar surface area (TPSA) is 95.2 Å². The fraction of sp³-hybridized carbons (Fsp3) is 0.286. The van der Waals surface area contributed by atoms with Crippen molar-refractivity contribution < 1.29 is 19.4 Å². The van der Waals surface area contributed by atoms with Crippen LogP contribution >= 0.6 is 0 Å². The van der Waals surface area contributed by atoms with E-state index >= 15 is 0 Å². The number of ether oxygens (including phenoxy) is 1. The molecule has 1 aromatic heterocycles. The molecule has 0 saturated carbocycles. The summed E-state index contributed by atoms with van der Waals surface area (Å²) in [5.41, 5.74) is 1.45. The van der Waals surface area contributed by atoms with E-state index < -0.39 is 5.43 Å². The number of hydrogen-bond acceptors (Lipinski definition) is 7. The Morgan fingerprint density at radius 2 is 1.86 bits per heavy atom. The van der Waals surface area contributed by atoms with Crippen molar-refractivity contribution in [2.45, 2.75) is 6.42 Å². The molecular weight excluding hydrogens is 360 g/mol. The van der Waals surface area contributed by atoms with Crippen LogP contribution in [0.1, 0.15) is 6.42 Å². The summed E-state index contributed by atoms with van der Waals surface area (Å²) >= 11 is 0.